The number of fused-ring (bicyclic) bond motifs is 2. The topological polar surface area (TPSA) is 98.8 Å². The van der Waals surface area contributed by atoms with Crippen LogP contribution in [-0.4, -0.2) is 30.9 Å². The fourth-order valence-electron chi connectivity index (χ4n) is 2.26. The van der Waals surface area contributed by atoms with Gasteiger partial charge in [0.05, 0.1) is 22.9 Å². The Hall–Kier alpha value is -2.85. The highest BCUT2D eigenvalue weighted by Crippen LogP contribution is 2.40. The number of benzene rings is 1. The Kier molecular flexibility index (Phi) is 3.90. The highest BCUT2D eigenvalue weighted by atomic mass is 32.1. The van der Waals surface area contributed by atoms with Gasteiger partial charge in [-0.3, -0.25) is 10.1 Å². The second-order valence-electron chi connectivity index (χ2n) is 4.93. The van der Waals surface area contributed by atoms with Gasteiger partial charge in [-0.05, 0) is 11.4 Å². The van der Waals surface area contributed by atoms with Crippen LogP contribution >= 0.6 is 22.7 Å². The van der Waals surface area contributed by atoms with Gasteiger partial charge in [0.1, 0.15) is 5.00 Å². The average molecular weight is 377 g/mol. The summed E-state index contributed by atoms with van der Waals surface area (Å²) in [6.45, 7) is 0.214. The molecule has 0 radical (unpaired) electrons. The lowest BCUT2D eigenvalue weighted by Crippen LogP contribution is -2.30. The molecule has 0 unspecified atom stereocenters. The normalized spacial score (nSPS) is 12.2. The fraction of sp³-hybridized carbons (Fsp3) is 0.133. The molecule has 3 heterocycles. The summed E-state index contributed by atoms with van der Waals surface area (Å²) in [7, 11) is 1.20. The number of aromatic nitrogens is 1. The number of amides is 2. The van der Waals surface area contributed by atoms with E-state index in [9.17, 15) is 9.59 Å². The predicted molar refractivity (Wildman–Crippen MR) is 93.2 cm³/mol. The number of carbonyl (C=O) groups is 2. The first-order chi connectivity index (χ1) is 12.1. The lowest BCUT2D eigenvalue weighted by molar-refractivity contribution is 0.0938. The molecule has 25 heavy (non-hydrogen) atoms. The Morgan fingerprint density at radius 3 is 2.88 bits per heavy atom. The second-order valence-corrected chi connectivity index (χ2v) is 6.87. The van der Waals surface area contributed by atoms with Crippen LogP contribution in [0.1, 0.15) is 10.4 Å². The Morgan fingerprint density at radius 2 is 2.08 bits per heavy atom. The number of alkyl carbamates (subject to hydrolysis) is 1. The number of nitrogens with one attached hydrogen (secondary N) is 2. The molecule has 0 saturated heterocycles. The number of nitrogens with zero attached hydrogens (tertiary/aromatic N) is 1. The maximum atomic E-state index is 12.1. The molecule has 2 amide bonds. The molecule has 0 saturated carbocycles. The molecule has 4 rings (SSSR count). The van der Waals surface area contributed by atoms with E-state index in [1.165, 1.54) is 29.8 Å². The van der Waals surface area contributed by atoms with Gasteiger partial charge in [-0.15, -0.1) is 11.3 Å². The van der Waals surface area contributed by atoms with Crippen LogP contribution in [0, 0.1) is 0 Å². The standard InChI is InChI=1S/C15H11N3O5S2/c1-21-15(20)17-12(19)7-2-3-24-13(7)18-14-16-8-4-9-10(23-6-22-9)5-11(8)25-14/h2-5H,6H2,1H3,(H,16,18)(H,17,19,20). The van der Waals surface area contributed by atoms with Crippen LogP contribution in [0.15, 0.2) is 23.6 Å². The molecule has 3 aromatic rings. The molecular formula is C15H11N3O5S2. The maximum absolute atomic E-state index is 12.1. The van der Waals surface area contributed by atoms with Gasteiger partial charge in [-0.25, -0.2) is 9.78 Å². The van der Waals surface area contributed by atoms with E-state index in [2.05, 4.69) is 20.4 Å². The number of thiazole rings is 1. The summed E-state index contributed by atoms with van der Waals surface area (Å²) < 4.78 is 16.1. The average Bonchev–Trinajstić information content (AvgIpc) is 3.30. The highest BCUT2D eigenvalue weighted by molar-refractivity contribution is 7.22. The number of carbonyl (C=O) groups excluding carboxylic acids is 2. The van der Waals surface area contributed by atoms with Crippen molar-refractivity contribution in [3.8, 4) is 11.5 Å². The number of imide groups is 1. The van der Waals surface area contributed by atoms with Gasteiger partial charge in [0.2, 0.25) is 6.79 Å². The summed E-state index contributed by atoms with van der Waals surface area (Å²) in [5.41, 5.74) is 1.11. The van der Waals surface area contributed by atoms with E-state index >= 15 is 0 Å². The summed E-state index contributed by atoms with van der Waals surface area (Å²) >= 11 is 2.76. The minimum atomic E-state index is -0.809. The highest BCUT2D eigenvalue weighted by Gasteiger charge is 2.19. The Morgan fingerprint density at radius 1 is 1.28 bits per heavy atom. The fourth-order valence-corrected chi connectivity index (χ4v) is 3.99. The van der Waals surface area contributed by atoms with E-state index in [4.69, 9.17) is 9.47 Å². The van der Waals surface area contributed by atoms with Crippen LogP contribution in [0.5, 0.6) is 11.5 Å². The van der Waals surface area contributed by atoms with Crippen LogP contribution in [-0.2, 0) is 4.74 Å². The van der Waals surface area contributed by atoms with Gasteiger partial charge in [0.15, 0.2) is 16.6 Å². The third-order valence-corrected chi connectivity index (χ3v) is 5.18. The van der Waals surface area contributed by atoms with Crippen LogP contribution in [0.3, 0.4) is 0 Å². The summed E-state index contributed by atoms with van der Waals surface area (Å²) in [5, 5.41) is 8.20. The zero-order chi connectivity index (χ0) is 17.4. The number of methoxy groups -OCH3 is 1. The molecule has 1 aromatic carbocycles. The van der Waals surface area contributed by atoms with E-state index in [1.807, 2.05) is 12.1 Å². The summed E-state index contributed by atoms with van der Waals surface area (Å²) in [5.74, 6) is 0.813. The summed E-state index contributed by atoms with van der Waals surface area (Å²) in [6.07, 6.45) is -0.809. The molecular weight excluding hydrogens is 366 g/mol. The van der Waals surface area contributed by atoms with Gasteiger partial charge >= 0.3 is 6.09 Å². The number of hydrogen-bond donors (Lipinski definition) is 2. The van der Waals surface area contributed by atoms with Crippen LogP contribution in [0.2, 0.25) is 0 Å². The van der Waals surface area contributed by atoms with Gasteiger partial charge in [0, 0.05) is 12.1 Å². The molecule has 8 nitrogen and oxygen atoms in total. The van der Waals surface area contributed by atoms with Crippen molar-refractivity contribution in [2.24, 2.45) is 0 Å². The zero-order valence-electron chi connectivity index (χ0n) is 12.8. The monoisotopic (exact) mass is 377 g/mol. The lowest BCUT2D eigenvalue weighted by atomic mass is 10.3. The van der Waals surface area contributed by atoms with Crippen molar-refractivity contribution in [1.29, 1.82) is 0 Å². The molecule has 0 fully saturated rings. The van der Waals surface area contributed by atoms with Crippen molar-refractivity contribution in [1.82, 2.24) is 10.3 Å². The molecule has 0 spiro atoms. The predicted octanol–water partition coefficient (Wildman–Crippen LogP) is 3.33. The van der Waals surface area contributed by atoms with Gasteiger partial charge in [0.25, 0.3) is 5.91 Å². The van der Waals surface area contributed by atoms with Crippen molar-refractivity contribution in [3.05, 3.63) is 29.1 Å². The summed E-state index contributed by atoms with van der Waals surface area (Å²) in [4.78, 5) is 27.8. The van der Waals surface area contributed by atoms with Gasteiger partial charge in [-0.2, -0.15) is 0 Å². The zero-order valence-corrected chi connectivity index (χ0v) is 14.5. The van der Waals surface area contributed by atoms with E-state index in [1.54, 1.807) is 11.4 Å². The molecule has 0 atom stereocenters. The Bertz CT molecular complexity index is 940. The minimum Gasteiger partial charge on any atom is -0.454 e. The quantitative estimate of drug-likeness (QED) is 0.722. The largest absolute Gasteiger partial charge is 0.454 e. The number of hydrogen-bond acceptors (Lipinski definition) is 9. The van der Waals surface area contributed by atoms with E-state index in [0.29, 0.717) is 27.2 Å². The Balaban J connectivity index is 1.59. The molecule has 10 heteroatoms. The second kappa shape index (κ2) is 6.22. The van der Waals surface area contributed by atoms with Crippen LogP contribution in [0.4, 0.5) is 14.9 Å². The molecule has 0 aliphatic carbocycles. The van der Waals surface area contributed by atoms with E-state index < -0.39 is 12.0 Å². The van der Waals surface area contributed by atoms with Crippen molar-refractivity contribution in [2.45, 2.75) is 0 Å². The maximum Gasteiger partial charge on any atom is 0.413 e. The summed E-state index contributed by atoms with van der Waals surface area (Å²) in [6, 6.07) is 5.31. The number of rotatable bonds is 3. The van der Waals surface area contributed by atoms with Crippen molar-refractivity contribution < 1.29 is 23.8 Å². The Labute approximate surface area is 149 Å². The lowest BCUT2D eigenvalue weighted by Gasteiger charge is -2.04. The molecule has 1 aliphatic heterocycles. The number of anilines is 2. The third-order valence-electron chi connectivity index (χ3n) is 3.41. The molecule has 2 aromatic heterocycles. The first-order valence-electron chi connectivity index (χ1n) is 7.08. The number of thiophene rings is 1. The minimum absolute atomic E-state index is 0.214. The van der Waals surface area contributed by atoms with E-state index in [-0.39, 0.29) is 6.79 Å². The molecule has 2 N–H and O–H groups in total. The van der Waals surface area contributed by atoms with Crippen LogP contribution in [0.25, 0.3) is 10.2 Å². The third kappa shape index (κ3) is 2.96. The van der Waals surface area contributed by atoms with Gasteiger partial charge in [-0.1, -0.05) is 11.3 Å². The molecule has 1 aliphatic rings. The van der Waals surface area contributed by atoms with Crippen molar-refractivity contribution >= 4 is 55.0 Å². The number of ether oxygens (including phenoxy) is 3. The SMILES string of the molecule is COC(=O)NC(=O)c1ccsc1Nc1nc2cc3c(cc2s1)OCO3. The van der Waals surface area contributed by atoms with Gasteiger partial charge < -0.3 is 19.5 Å². The van der Waals surface area contributed by atoms with Crippen molar-refractivity contribution in [3.63, 3.8) is 0 Å². The molecule has 0 bridgehead atoms. The first-order valence-corrected chi connectivity index (χ1v) is 8.77. The smallest absolute Gasteiger partial charge is 0.413 e. The van der Waals surface area contributed by atoms with E-state index in [0.717, 1.165) is 10.2 Å². The van der Waals surface area contributed by atoms with Crippen molar-refractivity contribution in [2.75, 3.05) is 19.2 Å². The molecule has 128 valence electrons. The van der Waals surface area contributed by atoms with Crippen LogP contribution < -0.4 is 20.1 Å². The first kappa shape index (κ1) is 15.7.